The molecular weight excluding hydrogens is 380 g/mol. The zero-order valence-electron chi connectivity index (χ0n) is 16.1. The second-order valence-electron chi connectivity index (χ2n) is 7.20. The van der Waals surface area contributed by atoms with Crippen LogP contribution in [0, 0.1) is 5.41 Å². The first kappa shape index (κ1) is 20.0. The molecule has 2 aromatic carbocycles. The van der Waals surface area contributed by atoms with Gasteiger partial charge in [0.2, 0.25) is 5.91 Å². The third-order valence-corrected chi connectivity index (χ3v) is 4.70. The van der Waals surface area contributed by atoms with Crippen LogP contribution in [0.5, 0.6) is 11.5 Å². The Morgan fingerprint density at radius 3 is 2.64 bits per heavy atom. The molecule has 0 aliphatic carbocycles. The Balaban J connectivity index is 1.71. The maximum atomic E-state index is 12.8. The molecule has 1 heterocycles. The molecule has 3 rings (SSSR count). The minimum atomic E-state index is -0.620. The van der Waals surface area contributed by atoms with Crippen molar-refractivity contribution < 1.29 is 19.1 Å². The lowest BCUT2D eigenvalue weighted by atomic mass is 9.93. The van der Waals surface area contributed by atoms with E-state index in [0.29, 0.717) is 41.0 Å². The van der Waals surface area contributed by atoms with Gasteiger partial charge in [-0.1, -0.05) is 11.6 Å². The highest BCUT2D eigenvalue weighted by Crippen LogP contribution is 2.38. The first-order valence-electron chi connectivity index (χ1n) is 9.07. The first-order chi connectivity index (χ1) is 13.3. The Labute approximate surface area is 169 Å². The number of fused-ring (bicyclic) bond motifs is 1. The molecule has 0 spiro atoms. The summed E-state index contributed by atoms with van der Waals surface area (Å²) < 4.78 is 11.3. The summed E-state index contributed by atoms with van der Waals surface area (Å²) in [4.78, 5) is 26.7. The van der Waals surface area contributed by atoms with Crippen molar-refractivity contribution in [3.63, 3.8) is 0 Å². The van der Waals surface area contributed by atoms with Gasteiger partial charge in [-0.2, -0.15) is 0 Å². The van der Waals surface area contributed by atoms with Gasteiger partial charge >= 0.3 is 0 Å². The summed E-state index contributed by atoms with van der Waals surface area (Å²) in [7, 11) is 0. The molecule has 6 nitrogen and oxygen atoms in total. The van der Waals surface area contributed by atoms with Gasteiger partial charge in [-0.25, -0.2) is 0 Å². The molecule has 148 valence electrons. The minimum Gasteiger partial charge on any atom is -0.490 e. The molecule has 1 aliphatic heterocycles. The summed E-state index contributed by atoms with van der Waals surface area (Å²) in [5.74, 6) is 0.860. The normalized spacial score (nSPS) is 15.3. The Morgan fingerprint density at radius 1 is 1.25 bits per heavy atom. The number of amides is 2. The zero-order chi connectivity index (χ0) is 20.3. The first-order valence-corrected chi connectivity index (χ1v) is 9.45. The second-order valence-corrected chi connectivity index (χ2v) is 7.63. The van der Waals surface area contributed by atoms with Crippen molar-refractivity contribution >= 4 is 34.8 Å². The van der Waals surface area contributed by atoms with E-state index in [1.165, 1.54) is 0 Å². The maximum Gasteiger partial charge on any atom is 0.262 e. The summed E-state index contributed by atoms with van der Waals surface area (Å²) in [6, 6.07) is 12.0. The lowest BCUT2D eigenvalue weighted by Crippen LogP contribution is -2.42. The fourth-order valence-electron chi connectivity index (χ4n) is 2.91. The largest absolute Gasteiger partial charge is 0.490 e. The van der Waals surface area contributed by atoms with E-state index in [2.05, 4.69) is 5.32 Å². The SMILES string of the molecule is CCN1C(=O)C(C)(C)COc2ccc(NC(=O)COc3ccc(Cl)cc3)cc21. The monoisotopic (exact) mass is 402 g/mol. The number of nitrogens with zero attached hydrogens (tertiary/aromatic N) is 1. The average molecular weight is 403 g/mol. The Bertz CT molecular complexity index is 880. The van der Waals surface area contributed by atoms with E-state index < -0.39 is 5.41 Å². The predicted octanol–water partition coefficient (Wildman–Crippen LogP) is 4.13. The van der Waals surface area contributed by atoms with E-state index in [1.807, 2.05) is 20.8 Å². The number of halogens is 1. The number of carbonyl (C=O) groups is 2. The molecule has 0 fully saturated rings. The molecule has 0 bridgehead atoms. The van der Waals surface area contributed by atoms with E-state index in [1.54, 1.807) is 47.4 Å². The molecule has 2 aromatic rings. The number of hydrogen-bond donors (Lipinski definition) is 1. The molecule has 0 atom stereocenters. The van der Waals surface area contributed by atoms with Crippen LogP contribution in [-0.2, 0) is 9.59 Å². The van der Waals surface area contributed by atoms with Gasteiger partial charge in [0.15, 0.2) is 6.61 Å². The van der Waals surface area contributed by atoms with E-state index in [0.717, 1.165) is 0 Å². The van der Waals surface area contributed by atoms with Gasteiger partial charge < -0.3 is 19.7 Å². The number of anilines is 2. The van der Waals surface area contributed by atoms with Gasteiger partial charge in [-0.3, -0.25) is 9.59 Å². The lowest BCUT2D eigenvalue weighted by Gasteiger charge is -2.27. The van der Waals surface area contributed by atoms with Crippen molar-refractivity contribution in [2.75, 3.05) is 30.0 Å². The lowest BCUT2D eigenvalue weighted by molar-refractivity contribution is -0.127. The van der Waals surface area contributed by atoms with Crippen LogP contribution in [0.2, 0.25) is 5.02 Å². The molecule has 0 saturated heterocycles. The summed E-state index contributed by atoms with van der Waals surface area (Å²) in [5, 5.41) is 3.39. The number of nitrogens with one attached hydrogen (secondary N) is 1. The summed E-state index contributed by atoms with van der Waals surface area (Å²) in [6.45, 7) is 6.31. The van der Waals surface area contributed by atoms with Crippen LogP contribution in [-0.4, -0.2) is 31.6 Å². The predicted molar refractivity (Wildman–Crippen MR) is 109 cm³/mol. The third-order valence-electron chi connectivity index (χ3n) is 4.45. The van der Waals surface area contributed by atoms with Crippen LogP contribution >= 0.6 is 11.6 Å². The molecule has 1 aliphatic rings. The van der Waals surface area contributed by atoms with Crippen LogP contribution in [0.15, 0.2) is 42.5 Å². The molecule has 0 unspecified atom stereocenters. The fourth-order valence-corrected chi connectivity index (χ4v) is 3.04. The average Bonchev–Trinajstić information content (AvgIpc) is 2.76. The number of rotatable bonds is 5. The minimum absolute atomic E-state index is 0.0108. The van der Waals surface area contributed by atoms with Gasteiger partial charge in [0.1, 0.15) is 18.1 Å². The van der Waals surface area contributed by atoms with E-state index in [4.69, 9.17) is 21.1 Å². The van der Waals surface area contributed by atoms with Crippen LogP contribution in [0.25, 0.3) is 0 Å². The summed E-state index contributed by atoms with van der Waals surface area (Å²) >= 11 is 5.83. The maximum absolute atomic E-state index is 12.8. The van der Waals surface area contributed by atoms with Crippen LogP contribution in [0.3, 0.4) is 0 Å². The standard InChI is InChI=1S/C21H23ClN2O4/c1-4-24-17-11-15(7-10-18(17)28-13-21(2,3)20(24)26)23-19(25)12-27-16-8-5-14(22)6-9-16/h5-11H,4,12-13H2,1-3H3,(H,23,25). The molecule has 0 saturated carbocycles. The fraction of sp³-hybridized carbons (Fsp3) is 0.333. The molecular formula is C21H23ClN2O4. The molecule has 28 heavy (non-hydrogen) atoms. The Hall–Kier alpha value is -2.73. The van der Waals surface area contributed by atoms with Gasteiger partial charge in [0.05, 0.1) is 11.1 Å². The van der Waals surface area contributed by atoms with Crippen LogP contribution in [0.4, 0.5) is 11.4 Å². The van der Waals surface area contributed by atoms with Crippen LogP contribution in [0.1, 0.15) is 20.8 Å². The van der Waals surface area contributed by atoms with Crippen molar-refractivity contribution in [2.24, 2.45) is 5.41 Å². The van der Waals surface area contributed by atoms with Gasteiger partial charge in [0.25, 0.3) is 5.91 Å². The molecule has 7 heteroatoms. The van der Waals surface area contributed by atoms with Gasteiger partial charge in [-0.05, 0) is 63.2 Å². The zero-order valence-corrected chi connectivity index (χ0v) is 16.9. The Kier molecular flexibility index (Phi) is 5.79. The topological polar surface area (TPSA) is 67.9 Å². The van der Waals surface area contributed by atoms with Crippen molar-refractivity contribution in [1.82, 2.24) is 0 Å². The molecule has 0 aromatic heterocycles. The quantitative estimate of drug-likeness (QED) is 0.816. The molecule has 1 N–H and O–H groups in total. The second kappa shape index (κ2) is 8.10. The highest BCUT2D eigenvalue weighted by atomic mass is 35.5. The number of carbonyl (C=O) groups excluding carboxylic acids is 2. The van der Waals surface area contributed by atoms with Crippen LogP contribution < -0.4 is 19.7 Å². The van der Waals surface area contributed by atoms with Crippen molar-refractivity contribution in [3.8, 4) is 11.5 Å². The molecule has 2 amide bonds. The van der Waals surface area contributed by atoms with E-state index in [-0.39, 0.29) is 18.4 Å². The third kappa shape index (κ3) is 4.39. The van der Waals surface area contributed by atoms with E-state index >= 15 is 0 Å². The smallest absolute Gasteiger partial charge is 0.262 e. The highest BCUT2D eigenvalue weighted by molar-refractivity contribution is 6.30. The Morgan fingerprint density at radius 2 is 1.96 bits per heavy atom. The summed E-state index contributed by atoms with van der Waals surface area (Å²) in [6.07, 6.45) is 0. The van der Waals surface area contributed by atoms with Gasteiger partial charge in [0, 0.05) is 17.3 Å². The van der Waals surface area contributed by atoms with Crippen molar-refractivity contribution in [3.05, 3.63) is 47.5 Å². The van der Waals surface area contributed by atoms with Gasteiger partial charge in [-0.15, -0.1) is 0 Å². The number of hydrogen-bond acceptors (Lipinski definition) is 4. The van der Waals surface area contributed by atoms with E-state index in [9.17, 15) is 9.59 Å². The summed E-state index contributed by atoms with van der Waals surface area (Å²) in [5.41, 5.74) is 0.595. The number of ether oxygens (including phenoxy) is 2. The number of benzene rings is 2. The molecule has 0 radical (unpaired) electrons. The van der Waals surface area contributed by atoms with Crippen molar-refractivity contribution in [1.29, 1.82) is 0 Å². The van der Waals surface area contributed by atoms with Crippen molar-refractivity contribution in [2.45, 2.75) is 20.8 Å². The highest BCUT2D eigenvalue weighted by Gasteiger charge is 2.37.